The second-order valence-electron chi connectivity index (χ2n) is 27.9. The zero-order chi connectivity index (χ0) is 96.2. The van der Waals surface area contributed by atoms with Crippen molar-refractivity contribution in [1.29, 1.82) is 0 Å². The number of aryl methyl sites for hydroxylation is 15. The molecule has 0 atom stereocenters. The van der Waals surface area contributed by atoms with E-state index in [1.54, 1.807) is 102 Å². The van der Waals surface area contributed by atoms with Crippen LogP contribution >= 0.6 is 23.2 Å². The van der Waals surface area contributed by atoms with Crippen molar-refractivity contribution in [3.63, 3.8) is 0 Å². The van der Waals surface area contributed by atoms with E-state index in [1.807, 2.05) is 90.1 Å². The summed E-state index contributed by atoms with van der Waals surface area (Å²) in [5, 5.41) is -0.0379. The Kier molecular flexibility index (Phi) is 54.5. The minimum Gasteiger partial charge on any atom is -0.497 e. The average Bonchev–Trinajstić information content (AvgIpc) is 0.822. The largest absolute Gasteiger partial charge is 0.497 e. The van der Waals surface area contributed by atoms with E-state index in [4.69, 9.17) is 27.9 Å². The molecule has 0 saturated carbocycles. The lowest BCUT2D eigenvalue weighted by molar-refractivity contribution is -0.140. The predicted octanol–water partition coefficient (Wildman–Crippen LogP) is 34.4. The van der Waals surface area contributed by atoms with Gasteiger partial charge in [0.2, 0.25) is 0 Å². The zero-order valence-electron chi connectivity index (χ0n) is 74.5. The maximum Gasteiger partial charge on any atom is 0.419 e. The Balaban J connectivity index is 0.000000694. The zero-order valence-corrected chi connectivity index (χ0v) is 76.0. The van der Waals surface area contributed by atoms with Crippen LogP contribution in [-0.2, 0) is 102 Å². The quantitative estimate of drug-likeness (QED) is 0.105. The highest BCUT2D eigenvalue weighted by Gasteiger charge is 2.35. The van der Waals surface area contributed by atoms with Gasteiger partial charge in [-0.1, -0.05) is 257 Å². The van der Waals surface area contributed by atoms with Crippen molar-refractivity contribution in [2.45, 2.75) is 206 Å². The monoisotopic (exact) mass is 1830 g/mol. The highest BCUT2D eigenvalue weighted by molar-refractivity contribution is 6.31. The van der Waals surface area contributed by atoms with Gasteiger partial charge in [0.05, 0.1) is 39.4 Å². The van der Waals surface area contributed by atoms with Crippen molar-refractivity contribution in [3.05, 3.63) is 417 Å². The van der Waals surface area contributed by atoms with Crippen LogP contribution in [0.5, 0.6) is 5.75 Å². The first-order valence-electron chi connectivity index (χ1n) is 41.4. The van der Waals surface area contributed by atoms with E-state index >= 15 is 0 Å². The number of ether oxygens (including phenoxy) is 1. The van der Waals surface area contributed by atoms with Crippen LogP contribution in [0.15, 0.2) is 255 Å². The SMILES string of the molecule is CCc1ccc(C(F)(F)F)c(F)c1.CCc1ccc(C(F)(F)F)cc1.CCc1ccc(C)c(F)c1.CCc1ccc(C)cc1.CCc1ccc(Cl)c(C(F)(F)F)c1.CCc1ccc(F)c(C)c1.CCc1ccc(F)c(Cl)c1.CCc1ccc(F)c(F)c1.CCc1cccc(F)c1.CCc1cccc(OC)c1.CCc1ccccc1C(F)(F)F.CCc1ccccc1F. The number of rotatable bonds is 13. The summed E-state index contributed by atoms with van der Waals surface area (Å²) in [4.78, 5) is 0. The summed E-state index contributed by atoms with van der Waals surface area (Å²) in [6.07, 6.45) is -7.75. The van der Waals surface area contributed by atoms with E-state index in [0.717, 1.165) is 151 Å². The third-order valence-corrected chi connectivity index (χ3v) is 19.3. The van der Waals surface area contributed by atoms with Gasteiger partial charge >= 0.3 is 24.7 Å². The molecule has 12 aromatic carbocycles. The Morgan fingerprint density at radius 1 is 0.236 bits per heavy atom. The van der Waals surface area contributed by atoms with E-state index in [-0.39, 0.29) is 39.1 Å². The van der Waals surface area contributed by atoms with Crippen LogP contribution in [0.25, 0.3) is 0 Å². The Hall–Kier alpha value is -10.4. The van der Waals surface area contributed by atoms with Crippen LogP contribution in [0.2, 0.25) is 10.0 Å². The maximum absolute atomic E-state index is 12.8. The van der Waals surface area contributed by atoms with Crippen LogP contribution in [0.4, 0.5) is 87.8 Å². The van der Waals surface area contributed by atoms with Crippen LogP contribution in [0, 0.1) is 67.3 Å². The van der Waals surface area contributed by atoms with E-state index in [9.17, 15) is 87.8 Å². The van der Waals surface area contributed by atoms with Gasteiger partial charge in [-0.15, -0.1) is 0 Å². The third-order valence-electron chi connectivity index (χ3n) is 18.7. The van der Waals surface area contributed by atoms with Gasteiger partial charge in [0, 0.05) is 0 Å². The van der Waals surface area contributed by atoms with Gasteiger partial charge in [-0.25, -0.2) is 35.1 Å². The summed E-state index contributed by atoms with van der Waals surface area (Å²) in [6.45, 7) is 29.1. The molecule has 23 heteroatoms. The fraction of sp³-hybridized carbons (Fsp3) is 0.308. The number of methoxy groups -OCH3 is 1. The predicted molar refractivity (Wildman–Crippen MR) is 480 cm³/mol. The molecule has 0 N–H and O–H groups in total. The minimum absolute atomic E-state index is 0.0972. The molecule has 0 bridgehead atoms. The normalized spacial score (nSPS) is 10.5. The third kappa shape index (κ3) is 46.3. The van der Waals surface area contributed by atoms with Gasteiger partial charge in [0.15, 0.2) is 11.6 Å². The van der Waals surface area contributed by atoms with Crippen LogP contribution in [0.3, 0.4) is 0 Å². The lowest BCUT2D eigenvalue weighted by atomic mass is 10.1. The first-order valence-corrected chi connectivity index (χ1v) is 42.1. The molecule has 0 aliphatic heterocycles. The Morgan fingerprint density at radius 2 is 0.614 bits per heavy atom. The Labute approximate surface area is 747 Å². The minimum atomic E-state index is -4.60. The summed E-state index contributed by atoms with van der Waals surface area (Å²) in [7, 11) is 1.69. The van der Waals surface area contributed by atoms with Crippen molar-refractivity contribution in [2.75, 3.05) is 7.11 Å². The lowest BCUT2D eigenvalue weighted by Crippen LogP contribution is -2.08. The van der Waals surface area contributed by atoms with Crippen molar-refractivity contribution in [3.8, 4) is 5.75 Å². The number of halogens is 22. The molecule has 690 valence electrons. The molecular weight excluding hydrogens is 1720 g/mol. The van der Waals surface area contributed by atoms with Gasteiger partial charge in [-0.05, 0) is 285 Å². The number of alkyl halides is 12. The summed E-state index contributed by atoms with van der Waals surface area (Å²) in [5.74, 6) is -2.60. The Morgan fingerprint density at radius 3 is 1.02 bits per heavy atom. The van der Waals surface area contributed by atoms with Gasteiger partial charge in [0.1, 0.15) is 40.7 Å². The summed E-state index contributed by atoms with van der Waals surface area (Å²) in [6, 6.07) is 67.4. The molecule has 12 aromatic rings. The molecular formula is C104H114Cl2F20O. The fourth-order valence-corrected chi connectivity index (χ4v) is 11.0. The first-order chi connectivity index (χ1) is 59.8. The van der Waals surface area contributed by atoms with Crippen LogP contribution in [-0.4, -0.2) is 7.11 Å². The molecule has 127 heavy (non-hydrogen) atoms. The second kappa shape index (κ2) is 60.4. The van der Waals surface area contributed by atoms with Crippen molar-refractivity contribution >= 4 is 23.2 Å². The van der Waals surface area contributed by atoms with Gasteiger partial charge < -0.3 is 4.74 Å². The van der Waals surface area contributed by atoms with Gasteiger partial charge in [-0.3, -0.25) is 0 Å². The topological polar surface area (TPSA) is 9.23 Å². The number of benzene rings is 12. The van der Waals surface area contributed by atoms with Crippen LogP contribution in [0.1, 0.15) is 189 Å². The molecule has 0 saturated heterocycles. The fourth-order valence-electron chi connectivity index (χ4n) is 10.6. The highest BCUT2D eigenvalue weighted by Crippen LogP contribution is 2.37. The van der Waals surface area contributed by atoms with E-state index in [1.165, 1.54) is 89.0 Å². The average molecular weight is 1830 g/mol. The molecule has 12 rings (SSSR count). The standard InChI is InChI=1S/C9H8ClF3.C9H8F4.2C9H9F3.2C9H11F.C9H12O.C9H12.C8H8ClF.C8H8F2.2C8H9F/c1-2-6-3-4-8(10)7(5-6)9(11,12)13;1-2-6-3-4-7(8(10)5-6)9(11,12)13;1-2-7-3-5-8(6-4-7)9(10,11)12;1-2-7-5-3-4-6-8(7)9(10,11)12;1-3-8-4-5-9(10)7(2)6-8;1-3-8-5-4-7(2)9(10)6-8;1-3-8-5-4-6-9(7-8)10-2;1-3-9-6-4-8(2)5-7-9;1-2-6-3-4-8(10)7(9)5-6;1-2-6-3-4-7(9)8(10)5-6;1-2-7-4-3-5-8(9)6-7;1-2-7-5-3-4-6-8(7)9/h2*3-5H,2H2,1H3;2*3-6H,2H2,1H3;2*4-6H,3H2,1-2H3;4-7H,3H2,1-2H3;4-7H,3H2,1-2H3;2*3-5H,2H2,1H3;2*3-6H,2H2,1H3. The van der Waals surface area contributed by atoms with E-state index < -0.39 is 64.4 Å². The summed E-state index contributed by atoms with van der Waals surface area (Å²) in [5.41, 5.74) is 10.9. The molecule has 0 unspecified atom stereocenters. The maximum atomic E-state index is 12.8. The molecule has 0 radical (unpaired) electrons. The van der Waals surface area contributed by atoms with Crippen LogP contribution < -0.4 is 4.74 Å². The Bertz CT molecular complexity index is 4850. The molecule has 0 spiro atoms. The first kappa shape index (κ1) is 115. The molecule has 0 aliphatic carbocycles. The molecule has 0 amide bonds. The summed E-state index contributed by atoms with van der Waals surface area (Å²) < 4.78 is 251. The van der Waals surface area contributed by atoms with E-state index in [0.29, 0.717) is 36.0 Å². The molecule has 0 fully saturated rings. The van der Waals surface area contributed by atoms with Crippen molar-refractivity contribution in [2.24, 2.45) is 0 Å². The van der Waals surface area contributed by atoms with E-state index in [2.05, 4.69) is 64.1 Å². The smallest absolute Gasteiger partial charge is 0.419 e. The molecule has 0 aromatic heterocycles. The lowest BCUT2D eigenvalue weighted by Gasteiger charge is -2.10. The van der Waals surface area contributed by atoms with Gasteiger partial charge in [-0.2, -0.15) is 52.7 Å². The number of hydrogen-bond acceptors (Lipinski definition) is 1. The highest BCUT2D eigenvalue weighted by atomic mass is 35.5. The van der Waals surface area contributed by atoms with Gasteiger partial charge in [0.25, 0.3) is 0 Å². The molecule has 0 aliphatic rings. The van der Waals surface area contributed by atoms with Crippen molar-refractivity contribution in [1.82, 2.24) is 0 Å². The second-order valence-corrected chi connectivity index (χ2v) is 28.8. The molecule has 1 nitrogen and oxygen atoms in total. The molecule has 0 heterocycles. The van der Waals surface area contributed by atoms with Crippen molar-refractivity contribution < 1.29 is 92.5 Å². The summed E-state index contributed by atoms with van der Waals surface area (Å²) >= 11 is 10.9. The number of hydrogen-bond donors (Lipinski definition) is 0.